The lowest BCUT2D eigenvalue weighted by Crippen LogP contribution is -2.62. The van der Waals surface area contributed by atoms with Gasteiger partial charge in [-0.2, -0.15) is 0 Å². The summed E-state index contributed by atoms with van der Waals surface area (Å²) < 4.78 is 0.806. The molecule has 0 aromatic heterocycles. The van der Waals surface area contributed by atoms with Crippen molar-refractivity contribution in [2.75, 3.05) is 21.1 Å². The molecule has 0 radical (unpaired) electrons. The topological polar surface area (TPSA) is 17.1 Å². The summed E-state index contributed by atoms with van der Waals surface area (Å²) in [6.07, 6.45) is 4.24. The maximum Gasteiger partial charge on any atom is 0.171 e. The molecule has 22 heavy (non-hydrogen) atoms. The molecule has 2 nitrogen and oxygen atoms in total. The van der Waals surface area contributed by atoms with Gasteiger partial charge in [0.05, 0.1) is 26.7 Å². The van der Waals surface area contributed by atoms with Gasteiger partial charge in [0.1, 0.15) is 5.54 Å². The zero-order valence-electron chi connectivity index (χ0n) is 14.7. The van der Waals surface area contributed by atoms with Crippen molar-refractivity contribution in [3.8, 4) is 0 Å². The number of nitrogens with zero attached hydrogens (tertiary/aromatic N) is 1. The number of rotatable bonds is 2. The Morgan fingerprint density at radius 3 is 2.14 bits per heavy atom. The second-order valence-corrected chi connectivity index (χ2v) is 8.63. The predicted molar refractivity (Wildman–Crippen MR) is 91.3 cm³/mol. The molecule has 0 heterocycles. The monoisotopic (exact) mass is 298 g/mol. The van der Waals surface area contributed by atoms with Gasteiger partial charge in [0.25, 0.3) is 0 Å². The van der Waals surface area contributed by atoms with Crippen molar-refractivity contribution in [1.29, 1.82) is 0 Å². The fraction of sp³-hybridized carbons (Fsp3) is 0.550. The number of Topliss-reactive ketones (excluding diaryl/α,β-unsaturated/α-hetero) is 1. The Kier molecular flexibility index (Phi) is 3.04. The van der Waals surface area contributed by atoms with Gasteiger partial charge in [0.2, 0.25) is 0 Å². The number of carbonyl (C=O) groups is 1. The van der Waals surface area contributed by atoms with Crippen molar-refractivity contribution in [1.82, 2.24) is 0 Å². The highest BCUT2D eigenvalue weighted by Crippen LogP contribution is 2.70. The summed E-state index contributed by atoms with van der Waals surface area (Å²) in [5.41, 5.74) is 1.79. The molecule has 2 saturated carbocycles. The number of fused-ring (bicyclic) bond motifs is 2. The van der Waals surface area contributed by atoms with Crippen molar-refractivity contribution >= 4 is 11.9 Å². The molecule has 2 atom stereocenters. The lowest BCUT2D eigenvalue weighted by Gasteiger charge is -2.50. The average Bonchev–Trinajstić information content (AvgIpc) is 2.71. The van der Waals surface area contributed by atoms with Gasteiger partial charge in [0.15, 0.2) is 5.78 Å². The summed E-state index contributed by atoms with van der Waals surface area (Å²) in [6.45, 7) is 6.78. The predicted octanol–water partition coefficient (Wildman–Crippen LogP) is 3.92. The zero-order chi connectivity index (χ0) is 16.4. The number of benzene rings is 1. The molecule has 118 valence electrons. The largest absolute Gasteiger partial charge is 0.322 e. The van der Waals surface area contributed by atoms with Crippen molar-refractivity contribution in [3.05, 3.63) is 41.5 Å². The highest BCUT2D eigenvalue weighted by molar-refractivity contribution is 6.10. The van der Waals surface area contributed by atoms with E-state index in [4.69, 9.17) is 0 Å². The number of hydrogen-bond acceptors (Lipinski definition) is 1. The molecule has 2 unspecified atom stereocenters. The van der Waals surface area contributed by atoms with Crippen LogP contribution in [-0.2, 0) is 4.79 Å². The molecule has 2 aliphatic carbocycles. The minimum absolute atomic E-state index is 0.0318. The van der Waals surface area contributed by atoms with Crippen LogP contribution in [0.1, 0.15) is 39.2 Å². The SMILES string of the molecule is CC12CCC([N+](C)(C)C)(C(=Cc3ccccc3)C1=O)C2(C)C. The Balaban J connectivity index is 2.27. The van der Waals surface area contributed by atoms with E-state index in [1.165, 1.54) is 0 Å². The van der Waals surface area contributed by atoms with Crippen LogP contribution in [0.3, 0.4) is 0 Å². The minimum Gasteiger partial charge on any atom is -0.322 e. The first-order valence-electron chi connectivity index (χ1n) is 8.21. The highest BCUT2D eigenvalue weighted by atomic mass is 16.1. The van der Waals surface area contributed by atoms with E-state index in [2.05, 4.69) is 60.1 Å². The number of likely N-dealkylation sites (N-methyl/N-ethyl adjacent to an activating group) is 1. The second-order valence-electron chi connectivity index (χ2n) is 8.63. The molecule has 0 aliphatic heterocycles. The van der Waals surface area contributed by atoms with Crippen LogP contribution in [0.5, 0.6) is 0 Å². The molecule has 2 aliphatic rings. The first kappa shape index (κ1) is 15.5. The van der Waals surface area contributed by atoms with E-state index in [-0.39, 0.29) is 16.4 Å². The van der Waals surface area contributed by atoms with Crippen molar-refractivity contribution in [3.63, 3.8) is 0 Å². The summed E-state index contributed by atoms with van der Waals surface area (Å²) in [4.78, 5) is 13.3. The van der Waals surface area contributed by atoms with Gasteiger partial charge in [-0.05, 0) is 18.1 Å². The fourth-order valence-electron chi connectivity index (χ4n) is 5.30. The van der Waals surface area contributed by atoms with Gasteiger partial charge in [-0.25, -0.2) is 0 Å². The number of ketones is 1. The quantitative estimate of drug-likeness (QED) is 0.597. The summed E-state index contributed by atoms with van der Waals surface area (Å²) in [5.74, 6) is 0.362. The Labute approximate surface area is 134 Å². The summed E-state index contributed by atoms with van der Waals surface area (Å²) in [7, 11) is 6.72. The van der Waals surface area contributed by atoms with E-state index in [9.17, 15) is 4.79 Å². The van der Waals surface area contributed by atoms with Crippen LogP contribution in [0.15, 0.2) is 35.9 Å². The first-order valence-corrected chi connectivity index (χ1v) is 8.21. The maximum atomic E-state index is 13.3. The standard InChI is InChI=1S/C20H28NO/c1-18(2)19(3)12-13-20(18,21(4,5)6)16(17(19)22)14-15-10-8-7-9-11-15/h7-11,14H,12-13H2,1-6H3/q+1. The third-order valence-electron chi connectivity index (χ3n) is 6.85. The van der Waals surface area contributed by atoms with E-state index in [1.807, 2.05) is 18.2 Å². The molecule has 2 heteroatoms. The molecule has 2 fully saturated rings. The average molecular weight is 298 g/mol. The van der Waals surface area contributed by atoms with Crippen LogP contribution < -0.4 is 0 Å². The van der Waals surface area contributed by atoms with Gasteiger partial charge >= 0.3 is 0 Å². The van der Waals surface area contributed by atoms with E-state index in [0.717, 1.165) is 28.5 Å². The van der Waals surface area contributed by atoms with Gasteiger partial charge in [-0.15, -0.1) is 0 Å². The van der Waals surface area contributed by atoms with Crippen LogP contribution in [0.25, 0.3) is 6.08 Å². The Hall–Kier alpha value is -1.41. The first-order chi connectivity index (χ1) is 10.1. The summed E-state index contributed by atoms with van der Waals surface area (Å²) in [6, 6.07) is 10.3. The van der Waals surface area contributed by atoms with Crippen LogP contribution >= 0.6 is 0 Å². The van der Waals surface area contributed by atoms with E-state index < -0.39 is 0 Å². The molecule has 1 aromatic rings. The molecule has 1 aromatic carbocycles. The maximum absolute atomic E-state index is 13.3. The lowest BCUT2D eigenvalue weighted by molar-refractivity contribution is -0.923. The van der Waals surface area contributed by atoms with Gasteiger partial charge in [-0.3, -0.25) is 4.79 Å². The molecule has 0 amide bonds. The molecular weight excluding hydrogens is 270 g/mol. The van der Waals surface area contributed by atoms with Gasteiger partial charge in [-0.1, -0.05) is 51.1 Å². The molecule has 2 bridgehead atoms. The summed E-state index contributed by atoms with van der Waals surface area (Å²) >= 11 is 0. The summed E-state index contributed by atoms with van der Waals surface area (Å²) in [5, 5.41) is 0. The van der Waals surface area contributed by atoms with Crippen LogP contribution in [0.4, 0.5) is 0 Å². The van der Waals surface area contributed by atoms with Crippen LogP contribution in [0, 0.1) is 10.8 Å². The van der Waals surface area contributed by atoms with Crippen molar-refractivity contribution in [2.45, 2.75) is 39.2 Å². The van der Waals surface area contributed by atoms with Crippen LogP contribution in [-0.4, -0.2) is 36.9 Å². The third-order valence-corrected chi connectivity index (χ3v) is 6.85. The number of hydrogen-bond donors (Lipinski definition) is 0. The van der Waals surface area contributed by atoms with Crippen LogP contribution in [0.2, 0.25) is 0 Å². The smallest absolute Gasteiger partial charge is 0.171 e. The Bertz CT molecular complexity index is 650. The van der Waals surface area contributed by atoms with Gasteiger partial charge in [0, 0.05) is 17.3 Å². The van der Waals surface area contributed by atoms with Crippen molar-refractivity contribution in [2.24, 2.45) is 10.8 Å². The van der Waals surface area contributed by atoms with Crippen molar-refractivity contribution < 1.29 is 9.28 Å². The van der Waals surface area contributed by atoms with E-state index in [1.54, 1.807) is 0 Å². The molecule has 0 saturated heterocycles. The Morgan fingerprint density at radius 1 is 1.00 bits per heavy atom. The minimum atomic E-state index is -0.237. The van der Waals surface area contributed by atoms with Gasteiger partial charge < -0.3 is 4.48 Å². The lowest BCUT2D eigenvalue weighted by atomic mass is 9.67. The zero-order valence-corrected chi connectivity index (χ0v) is 14.7. The fourth-order valence-corrected chi connectivity index (χ4v) is 5.30. The van der Waals surface area contributed by atoms with E-state index in [0.29, 0.717) is 5.78 Å². The Morgan fingerprint density at radius 2 is 1.59 bits per heavy atom. The molecule has 0 N–H and O–H groups in total. The molecule has 3 rings (SSSR count). The number of quaternary nitrogens is 1. The number of carbonyl (C=O) groups excluding carboxylic acids is 1. The van der Waals surface area contributed by atoms with E-state index >= 15 is 0 Å². The third kappa shape index (κ3) is 1.57. The molecule has 0 spiro atoms. The highest BCUT2D eigenvalue weighted by Gasteiger charge is 2.77. The second kappa shape index (κ2) is 4.32. The molecular formula is C20H28NO+. The normalized spacial score (nSPS) is 35.4.